The predicted molar refractivity (Wildman–Crippen MR) is 44.2 cm³/mol. The van der Waals surface area contributed by atoms with E-state index in [2.05, 4.69) is 0 Å². The normalized spacial score (nSPS) is 19.2. The minimum Gasteiger partial charge on any atom is -0.206 e. The van der Waals surface area contributed by atoms with E-state index in [1.165, 1.54) is 0 Å². The summed E-state index contributed by atoms with van der Waals surface area (Å²) in [5.41, 5.74) is 1.99. The van der Waals surface area contributed by atoms with Gasteiger partial charge in [-0.2, -0.15) is 0 Å². The van der Waals surface area contributed by atoms with Gasteiger partial charge in [-0.1, -0.05) is 23.7 Å². The molecular formula is C9H7BF2. The minimum absolute atomic E-state index is 0.136. The fourth-order valence-corrected chi connectivity index (χ4v) is 1.60. The van der Waals surface area contributed by atoms with Crippen molar-refractivity contribution < 1.29 is 8.78 Å². The van der Waals surface area contributed by atoms with Crippen LogP contribution >= 0.6 is 0 Å². The largest absolute Gasteiger partial charge is 0.256 e. The summed E-state index contributed by atoms with van der Waals surface area (Å²) in [6, 6.07) is 4.99. The van der Waals surface area contributed by atoms with Gasteiger partial charge in [0.15, 0.2) is 0 Å². The number of hydrogen-bond acceptors (Lipinski definition) is 0. The minimum atomic E-state index is -2.56. The van der Waals surface area contributed by atoms with Gasteiger partial charge >= 0.3 is 0 Å². The lowest BCUT2D eigenvalue weighted by Crippen LogP contribution is -2.14. The van der Waals surface area contributed by atoms with E-state index in [1.54, 1.807) is 18.2 Å². The van der Waals surface area contributed by atoms with Crippen LogP contribution in [0.2, 0.25) is 0 Å². The summed E-state index contributed by atoms with van der Waals surface area (Å²) >= 11 is 0. The van der Waals surface area contributed by atoms with E-state index in [4.69, 9.17) is 7.85 Å². The van der Waals surface area contributed by atoms with Gasteiger partial charge in [0.05, 0.1) is 0 Å². The maximum Gasteiger partial charge on any atom is 0.256 e. The molecule has 0 saturated heterocycles. The lowest BCUT2D eigenvalue weighted by molar-refractivity contribution is 0.0130. The fraction of sp³-hybridized carbons (Fsp3) is 0.333. The Labute approximate surface area is 71.0 Å². The van der Waals surface area contributed by atoms with Gasteiger partial charge in [-0.25, -0.2) is 8.78 Å². The van der Waals surface area contributed by atoms with E-state index in [0.717, 1.165) is 5.56 Å². The Balaban J connectivity index is 2.43. The molecule has 1 aliphatic carbocycles. The van der Waals surface area contributed by atoms with Crippen molar-refractivity contribution in [1.82, 2.24) is 0 Å². The van der Waals surface area contributed by atoms with Crippen molar-refractivity contribution in [3.63, 3.8) is 0 Å². The van der Waals surface area contributed by atoms with Crippen molar-refractivity contribution in [3.8, 4) is 0 Å². The molecule has 0 saturated carbocycles. The first kappa shape index (κ1) is 7.78. The number of hydrogen-bond donors (Lipinski definition) is 0. The summed E-state index contributed by atoms with van der Waals surface area (Å²) in [6.45, 7) is 0. The maximum atomic E-state index is 12.8. The van der Waals surface area contributed by atoms with Crippen LogP contribution in [0, 0.1) is 0 Å². The van der Waals surface area contributed by atoms with Crippen molar-refractivity contribution in [3.05, 3.63) is 29.3 Å². The highest BCUT2D eigenvalue weighted by Gasteiger charge is 2.36. The summed E-state index contributed by atoms with van der Waals surface area (Å²) in [7, 11) is 5.47. The van der Waals surface area contributed by atoms with Crippen molar-refractivity contribution in [1.29, 1.82) is 0 Å². The van der Waals surface area contributed by atoms with Crippen LogP contribution in [0.4, 0.5) is 8.78 Å². The summed E-state index contributed by atoms with van der Waals surface area (Å²) in [4.78, 5) is 0. The van der Waals surface area contributed by atoms with E-state index < -0.39 is 5.92 Å². The Hall–Kier alpha value is -0.855. The van der Waals surface area contributed by atoms with Gasteiger partial charge in [-0.15, -0.1) is 0 Å². The summed E-state index contributed by atoms with van der Waals surface area (Å²) < 4.78 is 25.7. The molecule has 0 aromatic heterocycles. The Morgan fingerprint density at radius 1 is 1.17 bits per heavy atom. The molecule has 0 bridgehead atoms. The molecule has 1 aromatic rings. The molecule has 0 spiro atoms. The van der Waals surface area contributed by atoms with Crippen LogP contribution in [0.5, 0.6) is 0 Å². The van der Waals surface area contributed by atoms with E-state index in [9.17, 15) is 8.78 Å². The van der Waals surface area contributed by atoms with Crippen LogP contribution in [-0.2, 0) is 12.8 Å². The molecule has 12 heavy (non-hydrogen) atoms. The molecule has 60 valence electrons. The average Bonchev–Trinajstić information content (AvgIpc) is 2.21. The Bertz CT molecular complexity index is 320. The molecule has 2 radical (unpaired) electrons. The topological polar surface area (TPSA) is 0 Å². The SMILES string of the molecule is [B]c1ccc2c(c1)CC(F)(F)C2. The third-order valence-electron chi connectivity index (χ3n) is 2.13. The molecule has 1 aliphatic rings. The molecule has 0 atom stereocenters. The van der Waals surface area contributed by atoms with E-state index in [0.29, 0.717) is 11.0 Å². The second kappa shape index (κ2) is 2.31. The zero-order valence-corrected chi connectivity index (χ0v) is 6.48. The first-order valence-electron chi connectivity index (χ1n) is 3.82. The van der Waals surface area contributed by atoms with E-state index in [1.807, 2.05) is 0 Å². The Morgan fingerprint density at radius 3 is 2.58 bits per heavy atom. The first-order valence-corrected chi connectivity index (χ1v) is 3.82. The van der Waals surface area contributed by atoms with Gasteiger partial charge in [0.25, 0.3) is 5.92 Å². The molecular weight excluding hydrogens is 157 g/mol. The van der Waals surface area contributed by atoms with Crippen molar-refractivity contribution in [2.75, 3.05) is 0 Å². The van der Waals surface area contributed by atoms with Crippen LogP contribution in [0.3, 0.4) is 0 Å². The van der Waals surface area contributed by atoms with Gasteiger partial charge in [0.2, 0.25) is 0 Å². The summed E-state index contributed by atoms with van der Waals surface area (Å²) in [5.74, 6) is -2.56. The Morgan fingerprint density at radius 2 is 1.83 bits per heavy atom. The number of rotatable bonds is 0. The van der Waals surface area contributed by atoms with Crippen molar-refractivity contribution in [2.45, 2.75) is 18.8 Å². The standard InChI is InChI=1S/C9H7BF2/c10-8-2-1-6-4-9(11,12)5-7(6)3-8/h1-3H,4-5H2. The highest BCUT2D eigenvalue weighted by molar-refractivity contribution is 6.32. The van der Waals surface area contributed by atoms with Gasteiger partial charge in [-0.3, -0.25) is 0 Å². The number of benzene rings is 1. The zero-order chi connectivity index (χ0) is 8.77. The third-order valence-corrected chi connectivity index (χ3v) is 2.13. The lowest BCUT2D eigenvalue weighted by atomic mass is 9.93. The predicted octanol–water partition coefficient (Wildman–Crippen LogP) is 1.21. The lowest BCUT2D eigenvalue weighted by Gasteiger charge is -2.04. The van der Waals surface area contributed by atoms with Gasteiger partial charge in [0.1, 0.15) is 7.85 Å². The van der Waals surface area contributed by atoms with Gasteiger partial charge in [-0.05, 0) is 11.1 Å². The van der Waals surface area contributed by atoms with E-state index in [-0.39, 0.29) is 12.8 Å². The van der Waals surface area contributed by atoms with Crippen LogP contribution in [0.1, 0.15) is 11.1 Å². The smallest absolute Gasteiger partial charge is 0.206 e. The van der Waals surface area contributed by atoms with Crippen molar-refractivity contribution in [2.24, 2.45) is 0 Å². The zero-order valence-electron chi connectivity index (χ0n) is 6.48. The summed E-state index contributed by atoms with van der Waals surface area (Å²) in [6.07, 6.45) is -0.296. The molecule has 0 N–H and O–H groups in total. The van der Waals surface area contributed by atoms with Crippen LogP contribution in [0.15, 0.2) is 18.2 Å². The molecule has 0 fully saturated rings. The fourth-order valence-electron chi connectivity index (χ4n) is 1.60. The second-order valence-corrected chi connectivity index (χ2v) is 3.24. The van der Waals surface area contributed by atoms with Crippen molar-refractivity contribution >= 4 is 13.3 Å². The highest BCUT2D eigenvalue weighted by atomic mass is 19.3. The molecule has 3 heteroatoms. The van der Waals surface area contributed by atoms with Gasteiger partial charge in [0, 0.05) is 12.8 Å². The average molecular weight is 164 g/mol. The monoisotopic (exact) mass is 164 g/mol. The molecule has 0 unspecified atom stereocenters. The Kier molecular flexibility index (Phi) is 1.50. The highest BCUT2D eigenvalue weighted by Crippen LogP contribution is 2.33. The maximum absolute atomic E-state index is 12.8. The van der Waals surface area contributed by atoms with Gasteiger partial charge < -0.3 is 0 Å². The first-order chi connectivity index (χ1) is 5.57. The number of fused-ring (bicyclic) bond motifs is 1. The van der Waals surface area contributed by atoms with Crippen LogP contribution in [0.25, 0.3) is 0 Å². The molecule has 0 heterocycles. The number of halogens is 2. The molecule has 1 aromatic carbocycles. The molecule has 0 aliphatic heterocycles. The third kappa shape index (κ3) is 1.24. The molecule has 0 amide bonds. The second-order valence-electron chi connectivity index (χ2n) is 3.24. The molecule has 2 rings (SSSR count). The van der Waals surface area contributed by atoms with E-state index >= 15 is 0 Å². The number of alkyl halides is 2. The van der Waals surface area contributed by atoms with Crippen LogP contribution < -0.4 is 5.46 Å². The summed E-state index contributed by atoms with van der Waals surface area (Å²) in [5, 5.41) is 0. The quantitative estimate of drug-likeness (QED) is 0.505. The molecule has 0 nitrogen and oxygen atoms in total. The van der Waals surface area contributed by atoms with Crippen LogP contribution in [-0.4, -0.2) is 13.8 Å².